The molecular formula is C16H21Cl2N5O. The number of rotatable bonds is 3. The summed E-state index contributed by atoms with van der Waals surface area (Å²) >= 11 is 0. The molecule has 8 heteroatoms. The zero-order valence-corrected chi connectivity index (χ0v) is 14.8. The predicted octanol–water partition coefficient (Wildman–Crippen LogP) is 1.79. The number of carbonyl (C=O) groups excluding carboxylic acids is 1. The van der Waals surface area contributed by atoms with Crippen LogP contribution in [-0.4, -0.2) is 47.2 Å². The molecule has 1 aliphatic rings. The molecule has 0 radical (unpaired) electrons. The Hall–Kier alpha value is -2.05. The number of amides is 1. The average Bonchev–Trinajstić information content (AvgIpc) is 2.58. The molecular weight excluding hydrogens is 349 g/mol. The fraction of sp³-hybridized carbons (Fsp3) is 0.312. The Balaban J connectivity index is 0.00000144. The number of hydrogen-bond donors (Lipinski definition) is 1. The molecule has 0 aliphatic carbocycles. The van der Waals surface area contributed by atoms with Crippen LogP contribution in [0.4, 0.5) is 11.5 Å². The first kappa shape index (κ1) is 20.0. The van der Waals surface area contributed by atoms with Crippen molar-refractivity contribution in [2.24, 2.45) is 0 Å². The smallest absolute Gasteiger partial charge is 0.227 e. The van der Waals surface area contributed by atoms with Crippen LogP contribution in [0, 0.1) is 0 Å². The first-order valence-electron chi connectivity index (χ1n) is 7.37. The summed E-state index contributed by atoms with van der Waals surface area (Å²) in [6.07, 6.45) is 2.08. The maximum atomic E-state index is 12.3. The van der Waals surface area contributed by atoms with E-state index in [0.717, 1.165) is 24.5 Å². The number of nitrogens with two attached hydrogens (primary N) is 1. The molecule has 130 valence electrons. The maximum absolute atomic E-state index is 12.3. The molecule has 0 bridgehead atoms. The fourth-order valence-electron chi connectivity index (χ4n) is 2.57. The predicted molar refractivity (Wildman–Crippen MR) is 99.9 cm³/mol. The van der Waals surface area contributed by atoms with E-state index >= 15 is 0 Å². The van der Waals surface area contributed by atoms with Gasteiger partial charge in [-0.05, 0) is 29.8 Å². The highest BCUT2D eigenvalue weighted by molar-refractivity contribution is 5.85. The molecule has 1 aliphatic heterocycles. The molecule has 6 nitrogen and oxygen atoms in total. The highest BCUT2D eigenvalue weighted by atomic mass is 35.5. The van der Waals surface area contributed by atoms with Gasteiger partial charge in [0, 0.05) is 38.1 Å². The summed E-state index contributed by atoms with van der Waals surface area (Å²) in [5.41, 5.74) is 7.37. The van der Waals surface area contributed by atoms with E-state index in [2.05, 4.69) is 15.1 Å². The van der Waals surface area contributed by atoms with Crippen molar-refractivity contribution in [3.05, 3.63) is 48.2 Å². The van der Waals surface area contributed by atoms with Crippen molar-refractivity contribution in [3.8, 4) is 0 Å². The molecule has 24 heavy (non-hydrogen) atoms. The molecule has 0 saturated carbocycles. The van der Waals surface area contributed by atoms with Gasteiger partial charge in [-0.2, -0.15) is 5.10 Å². The topological polar surface area (TPSA) is 75.4 Å². The van der Waals surface area contributed by atoms with Crippen LogP contribution in [0.3, 0.4) is 0 Å². The minimum atomic E-state index is 0. The van der Waals surface area contributed by atoms with Gasteiger partial charge in [0.25, 0.3) is 0 Å². The lowest BCUT2D eigenvalue weighted by molar-refractivity contribution is -0.130. The lowest BCUT2D eigenvalue weighted by Gasteiger charge is -2.35. The van der Waals surface area contributed by atoms with Crippen molar-refractivity contribution in [2.75, 3.05) is 36.8 Å². The number of hydrogen-bond acceptors (Lipinski definition) is 5. The summed E-state index contributed by atoms with van der Waals surface area (Å²) in [4.78, 5) is 16.4. The van der Waals surface area contributed by atoms with Crippen LogP contribution in [-0.2, 0) is 11.2 Å². The van der Waals surface area contributed by atoms with Crippen LogP contribution in [0.15, 0.2) is 42.6 Å². The summed E-state index contributed by atoms with van der Waals surface area (Å²) in [6.45, 7) is 2.99. The zero-order valence-electron chi connectivity index (χ0n) is 13.2. The molecule has 1 aromatic carbocycles. The van der Waals surface area contributed by atoms with Gasteiger partial charge in [-0.3, -0.25) is 4.79 Å². The number of aromatic nitrogens is 2. The maximum Gasteiger partial charge on any atom is 0.227 e. The van der Waals surface area contributed by atoms with E-state index in [1.165, 1.54) is 0 Å². The van der Waals surface area contributed by atoms with Gasteiger partial charge >= 0.3 is 0 Å². The quantitative estimate of drug-likeness (QED) is 0.834. The third kappa shape index (κ3) is 4.97. The number of nitrogen functional groups attached to an aromatic ring is 1. The van der Waals surface area contributed by atoms with Crippen molar-refractivity contribution in [1.29, 1.82) is 0 Å². The van der Waals surface area contributed by atoms with Crippen molar-refractivity contribution < 1.29 is 4.79 Å². The second-order valence-electron chi connectivity index (χ2n) is 5.37. The van der Waals surface area contributed by atoms with Gasteiger partial charge in [-0.1, -0.05) is 12.1 Å². The van der Waals surface area contributed by atoms with Crippen molar-refractivity contribution in [1.82, 2.24) is 15.1 Å². The summed E-state index contributed by atoms with van der Waals surface area (Å²) in [5, 5.41) is 8.00. The van der Waals surface area contributed by atoms with Gasteiger partial charge < -0.3 is 15.5 Å². The molecule has 1 saturated heterocycles. The minimum Gasteiger partial charge on any atom is -0.399 e. The second-order valence-corrected chi connectivity index (χ2v) is 5.37. The molecule has 1 amide bonds. The molecule has 0 atom stereocenters. The second kappa shape index (κ2) is 9.30. The zero-order chi connectivity index (χ0) is 15.4. The summed E-state index contributed by atoms with van der Waals surface area (Å²) in [7, 11) is 0. The standard InChI is InChI=1S/C16H19N5O.2ClH/c17-14-5-3-13(4-6-14)12-16(22)21-10-8-20(9-11-21)15-2-1-7-18-19-15;;/h1-7H,8-12,17H2;2*1H. The van der Waals surface area contributed by atoms with Crippen molar-refractivity contribution >= 4 is 42.2 Å². The van der Waals surface area contributed by atoms with Crippen LogP contribution in [0.5, 0.6) is 0 Å². The lowest BCUT2D eigenvalue weighted by atomic mass is 10.1. The third-order valence-electron chi connectivity index (χ3n) is 3.85. The Morgan fingerprint density at radius 3 is 2.29 bits per heavy atom. The Labute approximate surface area is 153 Å². The molecule has 0 spiro atoms. The van der Waals surface area contributed by atoms with E-state index in [9.17, 15) is 4.79 Å². The molecule has 2 heterocycles. The van der Waals surface area contributed by atoms with Crippen LogP contribution in [0.2, 0.25) is 0 Å². The summed E-state index contributed by atoms with van der Waals surface area (Å²) < 4.78 is 0. The fourth-order valence-corrected chi connectivity index (χ4v) is 2.57. The number of anilines is 2. The number of carbonyl (C=O) groups is 1. The van der Waals surface area contributed by atoms with Gasteiger partial charge in [0.15, 0.2) is 5.82 Å². The molecule has 1 fully saturated rings. The Morgan fingerprint density at radius 2 is 1.71 bits per heavy atom. The van der Waals surface area contributed by atoms with E-state index in [1.54, 1.807) is 6.20 Å². The SMILES string of the molecule is Cl.Cl.Nc1ccc(CC(=O)N2CCN(c3cccnn3)CC2)cc1. The highest BCUT2D eigenvalue weighted by Gasteiger charge is 2.21. The molecule has 3 rings (SSSR count). The van der Waals surface area contributed by atoms with E-state index in [-0.39, 0.29) is 30.7 Å². The molecule has 0 unspecified atom stereocenters. The monoisotopic (exact) mass is 369 g/mol. The van der Waals surface area contributed by atoms with Gasteiger partial charge in [-0.15, -0.1) is 29.9 Å². The Morgan fingerprint density at radius 1 is 1.04 bits per heavy atom. The van der Waals surface area contributed by atoms with Crippen molar-refractivity contribution in [3.63, 3.8) is 0 Å². The van der Waals surface area contributed by atoms with Gasteiger partial charge in [0.1, 0.15) is 0 Å². The minimum absolute atomic E-state index is 0. The Bertz CT molecular complexity index is 631. The first-order valence-corrected chi connectivity index (χ1v) is 7.37. The van der Waals surface area contributed by atoms with E-state index < -0.39 is 0 Å². The Kier molecular flexibility index (Phi) is 7.74. The largest absolute Gasteiger partial charge is 0.399 e. The van der Waals surface area contributed by atoms with Crippen LogP contribution < -0.4 is 10.6 Å². The molecule has 2 N–H and O–H groups in total. The average molecular weight is 370 g/mol. The first-order chi connectivity index (χ1) is 10.7. The van der Waals surface area contributed by atoms with Crippen molar-refractivity contribution in [2.45, 2.75) is 6.42 Å². The van der Waals surface area contributed by atoms with Gasteiger partial charge in [0.2, 0.25) is 5.91 Å². The van der Waals surface area contributed by atoms with E-state index in [1.807, 2.05) is 41.3 Å². The normalized spacial score (nSPS) is 13.7. The number of piperazine rings is 1. The van der Waals surface area contributed by atoms with E-state index in [4.69, 9.17) is 5.73 Å². The third-order valence-corrected chi connectivity index (χ3v) is 3.85. The van der Waals surface area contributed by atoms with Crippen LogP contribution in [0.25, 0.3) is 0 Å². The number of halogens is 2. The molecule has 2 aromatic rings. The molecule has 1 aromatic heterocycles. The van der Waals surface area contributed by atoms with E-state index in [0.29, 0.717) is 25.2 Å². The summed E-state index contributed by atoms with van der Waals surface area (Å²) in [5.74, 6) is 1.02. The van der Waals surface area contributed by atoms with Gasteiger partial charge in [0.05, 0.1) is 6.42 Å². The van der Waals surface area contributed by atoms with Crippen LogP contribution in [0.1, 0.15) is 5.56 Å². The summed E-state index contributed by atoms with van der Waals surface area (Å²) in [6, 6.07) is 11.3. The number of nitrogens with zero attached hydrogens (tertiary/aromatic N) is 4. The number of benzene rings is 1. The van der Waals surface area contributed by atoms with Crippen LogP contribution >= 0.6 is 24.8 Å². The van der Waals surface area contributed by atoms with Gasteiger partial charge in [-0.25, -0.2) is 0 Å². The highest BCUT2D eigenvalue weighted by Crippen LogP contribution is 2.13. The lowest BCUT2D eigenvalue weighted by Crippen LogP contribution is -2.49.